The normalized spacial score (nSPS) is 20.8. The summed E-state index contributed by atoms with van der Waals surface area (Å²) in [5.41, 5.74) is 1.36. The number of thiocarbonyl (C=S) groups is 1. The Morgan fingerprint density at radius 3 is 2.28 bits per heavy atom. The molecule has 5 nitrogen and oxygen atoms in total. The van der Waals surface area contributed by atoms with Gasteiger partial charge in [0.2, 0.25) is 0 Å². The van der Waals surface area contributed by atoms with Crippen molar-refractivity contribution in [3.8, 4) is 5.75 Å². The highest BCUT2D eigenvalue weighted by molar-refractivity contribution is 7.80. The van der Waals surface area contributed by atoms with Crippen molar-refractivity contribution >= 4 is 28.6 Å². The number of nitrogens with zero attached hydrogens (tertiary/aromatic N) is 2. The van der Waals surface area contributed by atoms with Crippen LogP contribution in [-0.2, 0) is 10.9 Å². The molecule has 0 atom stereocenters. The molecule has 2 aliphatic rings. The number of anilines is 2. The highest BCUT2D eigenvalue weighted by Gasteiger charge is 2.33. The lowest BCUT2D eigenvalue weighted by Gasteiger charge is -2.38. The monoisotopic (exact) mass is 521 g/mol. The molecule has 0 amide bonds. The van der Waals surface area contributed by atoms with Gasteiger partial charge in [0.15, 0.2) is 0 Å². The van der Waals surface area contributed by atoms with Crippen LogP contribution in [0.5, 0.6) is 5.75 Å². The number of hydrogen-bond donors (Lipinski definition) is 1. The zero-order chi connectivity index (χ0) is 25.7. The first kappa shape index (κ1) is 26.5. The number of rotatable bonds is 7. The van der Waals surface area contributed by atoms with Crippen LogP contribution in [0.4, 0.5) is 24.5 Å². The molecule has 196 valence electrons. The quantitative estimate of drug-likeness (QED) is 0.457. The zero-order valence-corrected chi connectivity index (χ0v) is 21.6. The van der Waals surface area contributed by atoms with E-state index in [4.69, 9.17) is 21.7 Å². The maximum absolute atomic E-state index is 13.2. The number of alkyl halides is 3. The van der Waals surface area contributed by atoms with Crippen LogP contribution in [0.15, 0.2) is 42.5 Å². The maximum atomic E-state index is 13.2. The third-order valence-corrected chi connectivity index (χ3v) is 7.48. The number of piperazine rings is 1. The second kappa shape index (κ2) is 11.7. The van der Waals surface area contributed by atoms with E-state index >= 15 is 0 Å². The number of aryl methyl sites for hydroxylation is 1. The van der Waals surface area contributed by atoms with E-state index < -0.39 is 11.7 Å². The van der Waals surface area contributed by atoms with Crippen molar-refractivity contribution in [1.82, 2.24) is 4.90 Å². The van der Waals surface area contributed by atoms with Gasteiger partial charge in [0.1, 0.15) is 10.7 Å². The summed E-state index contributed by atoms with van der Waals surface area (Å²) in [7, 11) is 1.67. The molecule has 1 saturated carbocycles. The molecule has 0 unspecified atom stereocenters. The Morgan fingerprint density at radius 1 is 1.00 bits per heavy atom. The van der Waals surface area contributed by atoms with Gasteiger partial charge in [-0.05, 0) is 74.6 Å². The fraction of sp³-hybridized carbons (Fsp3) is 0.519. The molecule has 36 heavy (non-hydrogen) atoms. The Balaban J connectivity index is 1.17. The Kier molecular flexibility index (Phi) is 8.62. The van der Waals surface area contributed by atoms with Gasteiger partial charge in [0.25, 0.3) is 0 Å². The summed E-state index contributed by atoms with van der Waals surface area (Å²) in [6, 6.07) is 12.7. The number of benzene rings is 2. The van der Waals surface area contributed by atoms with Crippen LogP contribution in [0, 0.1) is 6.92 Å². The summed E-state index contributed by atoms with van der Waals surface area (Å²) in [6.07, 6.45) is -0.771. The third kappa shape index (κ3) is 6.82. The van der Waals surface area contributed by atoms with Crippen LogP contribution in [0.25, 0.3) is 0 Å². The summed E-state index contributed by atoms with van der Waals surface area (Å²) < 4.78 is 51.0. The number of nitrogens with one attached hydrogen (secondary N) is 1. The van der Waals surface area contributed by atoms with Gasteiger partial charge >= 0.3 is 6.18 Å². The van der Waals surface area contributed by atoms with Crippen LogP contribution >= 0.6 is 12.2 Å². The van der Waals surface area contributed by atoms with Crippen LogP contribution in [0.2, 0.25) is 0 Å². The predicted molar refractivity (Wildman–Crippen MR) is 141 cm³/mol. The predicted octanol–water partition coefficient (Wildman–Crippen LogP) is 5.91. The van der Waals surface area contributed by atoms with E-state index in [9.17, 15) is 13.2 Å². The van der Waals surface area contributed by atoms with Gasteiger partial charge in [-0.25, -0.2) is 0 Å². The van der Waals surface area contributed by atoms with Gasteiger partial charge in [0, 0.05) is 43.6 Å². The summed E-state index contributed by atoms with van der Waals surface area (Å²) in [4.78, 5) is 5.40. The minimum Gasteiger partial charge on any atom is -0.497 e. The van der Waals surface area contributed by atoms with Crippen molar-refractivity contribution in [3.05, 3.63) is 53.6 Å². The van der Waals surface area contributed by atoms with E-state index in [-0.39, 0.29) is 17.7 Å². The summed E-state index contributed by atoms with van der Waals surface area (Å²) in [6.45, 7) is 5.45. The van der Waals surface area contributed by atoms with Gasteiger partial charge < -0.3 is 24.6 Å². The molecule has 2 aromatic carbocycles. The van der Waals surface area contributed by atoms with Gasteiger partial charge in [-0.15, -0.1) is 0 Å². The van der Waals surface area contributed by atoms with Crippen LogP contribution < -0.4 is 15.0 Å². The molecule has 1 N–H and O–H groups in total. The summed E-state index contributed by atoms with van der Waals surface area (Å²) in [5, 5.41) is 3.28. The van der Waals surface area contributed by atoms with Gasteiger partial charge in [-0.2, -0.15) is 13.2 Å². The molecule has 2 fully saturated rings. The second-order valence-corrected chi connectivity index (χ2v) is 9.99. The SMILES string of the molecule is COc1ccc(N2CCN(C(=S)COC3CCC(Nc4ccc(C)c(C(F)(F)F)c4)CC3)CC2)cc1. The molecule has 1 heterocycles. The Morgan fingerprint density at radius 2 is 1.67 bits per heavy atom. The standard InChI is InChI=1S/C27H34F3N3O2S/c1-19-3-4-21(17-25(19)27(28,29)30)31-20-5-9-24(10-6-20)35-18-26(36)33-15-13-32(14-16-33)22-7-11-23(34-2)12-8-22/h3-4,7-8,11-12,17,20,24,31H,5-6,9-10,13-16,18H2,1-2H3. The van der Waals surface area contributed by atoms with E-state index in [0.29, 0.717) is 12.3 Å². The number of hydrogen-bond acceptors (Lipinski definition) is 5. The molecule has 1 saturated heterocycles. The molecule has 4 rings (SSSR count). The first-order valence-electron chi connectivity index (χ1n) is 12.5. The topological polar surface area (TPSA) is 37.0 Å². The Hall–Kier alpha value is -2.52. The summed E-state index contributed by atoms with van der Waals surface area (Å²) >= 11 is 5.65. The molecule has 1 aliphatic carbocycles. The molecule has 2 aromatic rings. The maximum Gasteiger partial charge on any atom is 0.416 e. The minimum atomic E-state index is -4.34. The van der Waals surface area contributed by atoms with Crippen molar-refractivity contribution in [1.29, 1.82) is 0 Å². The molecule has 0 spiro atoms. The van der Waals surface area contributed by atoms with Crippen LogP contribution in [0.3, 0.4) is 0 Å². The Bertz CT molecular complexity index is 1020. The fourth-order valence-corrected chi connectivity index (χ4v) is 5.16. The number of halogens is 3. The third-order valence-electron chi connectivity index (χ3n) is 7.10. The number of ether oxygens (including phenoxy) is 2. The zero-order valence-electron chi connectivity index (χ0n) is 20.8. The van der Waals surface area contributed by atoms with Gasteiger partial charge in [0.05, 0.1) is 25.4 Å². The average molecular weight is 522 g/mol. The van der Waals surface area contributed by atoms with Gasteiger partial charge in [-0.1, -0.05) is 18.3 Å². The largest absolute Gasteiger partial charge is 0.497 e. The average Bonchev–Trinajstić information content (AvgIpc) is 2.88. The van der Waals surface area contributed by atoms with E-state index in [2.05, 4.69) is 27.2 Å². The van der Waals surface area contributed by atoms with E-state index in [1.54, 1.807) is 13.2 Å². The second-order valence-electron chi connectivity index (χ2n) is 9.52. The van der Waals surface area contributed by atoms with Crippen molar-refractivity contribution < 1.29 is 22.6 Å². The highest BCUT2D eigenvalue weighted by atomic mass is 32.1. The molecular formula is C27H34F3N3O2S. The molecule has 0 radical (unpaired) electrons. The molecular weight excluding hydrogens is 487 g/mol. The van der Waals surface area contributed by atoms with Crippen molar-refractivity contribution in [2.24, 2.45) is 0 Å². The fourth-order valence-electron chi connectivity index (χ4n) is 4.91. The first-order chi connectivity index (χ1) is 17.2. The van der Waals surface area contributed by atoms with Crippen LogP contribution in [0.1, 0.15) is 36.8 Å². The van der Waals surface area contributed by atoms with E-state index in [1.807, 2.05) is 12.1 Å². The molecule has 0 bridgehead atoms. The van der Waals surface area contributed by atoms with E-state index in [0.717, 1.165) is 62.6 Å². The lowest BCUT2D eigenvalue weighted by molar-refractivity contribution is -0.138. The van der Waals surface area contributed by atoms with E-state index in [1.165, 1.54) is 24.7 Å². The van der Waals surface area contributed by atoms with Crippen molar-refractivity contribution in [3.63, 3.8) is 0 Å². The number of methoxy groups -OCH3 is 1. The molecule has 0 aromatic heterocycles. The Labute approximate surface area is 216 Å². The summed E-state index contributed by atoms with van der Waals surface area (Å²) in [5.74, 6) is 0.853. The smallest absolute Gasteiger partial charge is 0.416 e. The highest BCUT2D eigenvalue weighted by Crippen LogP contribution is 2.34. The van der Waals surface area contributed by atoms with Gasteiger partial charge in [-0.3, -0.25) is 0 Å². The molecule has 1 aliphatic heterocycles. The van der Waals surface area contributed by atoms with Crippen molar-refractivity contribution in [2.75, 3.05) is 50.1 Å². The van der Waals surface area contributed by atoms with Crippen LogP contribution in [-0.4, -0.2) is 61.9 Å². The minimum absolute atomic E-state index is 0.130. The van der Waals surface area contributed by atoms with Crippen molar-refractivity contribution in [2.45, 2.75) is 50.9 Å². The molecule has 9 heteroatoms. The lowest BCUT2D eigenvalue weighted by atomic mass is 9.92. The lowest BCUT2D eigenvalue weighted by Crippen LogP contribution is -2.49. The first-order valence-corrected chi connectivity index (χ1v) is 12.9.